The van der Waals surface area contributed by atoms with Crippen LogP contribution in [0.3, 0.4) is 0 Å². The molecule has 46 heavy (non-hydrogen) atoms. The molecule has 0 aliphatic heterocycles. The van der Waals surface area contributed by atoms with Crippen molar-refractivity contribution in [3.63, 3.8) is 0 Å². The molecule has 6 rings (SSSR count). The smallest absolute Gasteiger partial charge is 0.0526 e. The Morgan fingerprint density at radius 1 is 0.326 bits per heavy atom. The number of benzene rings is 6. The summed E-state index contributed by atoms with van der Waals surface area (Å²) in [6, 6.07) is 43.9. The summed E-state index contributed by atoms with van der Waals surface area (Å²) < 4.78 is 0. The van der Waals surface area contributed by atoms with Gasteiger partial charge in [-0.05, 0) is 160 Å². The quantitative estimate of drug-likeness (QED) is 0.180. The molecule has 6 aromatic carbocycles. The van der Waals surface area contributed by atoms with E-state index in [9.17, 15) is 0 Å². The summed E-state index contributed by atoms with van der Waals surface area (Å²) in [5.74, 6) is 0. The van der Waals surface area contributed by atoms with Crippen LogP contribution in [0.1, 0.15) is 44.5 Å². The lowest BCUT2D eigenvalue weighted by atomic mass is 9.84. The Hall–Kier alpha value is -5.08. The van der Waals surface area contributed by atoms with Crippen molar-refractivity contribution >= 4 is 34.1 Å². The second-order valence-electron chi connectivity index (χ2n) is 12.7. The first-order valence-corrected chi connectivity index (χ1v) is 16.2. The molecule has 0 saturated heterocycles. The van der Waals surface area contributed by atoms with Crippen molar-refractivity contribution in [2.24, 2.45) is 0 Å². The molecule has 230 valence electrons. The Morgan fingerprint density at radius 3 is 1.02 bits per heavy atom. The molecule has 0 bridgehead atoms. The maximum Gasteiger partial charge on any atom is 0.0526 e. The molecule has 0 saturated carbocycles. The predicted molar refractivity (Wildman–Crippen MR) is 199 cm³/mol. The SMILES string of the molecule is Cc1cccc(N(c2ccccc2)c2c(C)cc(C)c(-c3c(C)cc(C)c(N(c4ccccc4)c4cccc(C)c4)c3C)c2C)c1. The van der Waals surface area contributed by atoms with Crippen LogP contribution in [0.4, 0.5) is 34.1 Å². The second-order valence-corrected chi connectivity index (χ2v) is 12.7. The van der Waals surface area contributed by atoms with Gasteiger partial charge in [0.25, 0.3) is 0 Å². The Balaban J connectivity index is 1.64. The van der Waals surface area contributed by atoms with E-state index in [1.807, 2.05) is 0 Å². The Morgan fingerprint density at radius 2 is 0.674 bits per heavy atom. The third kappa shape index (κ3) is 5.72. The van der Waals surface area contributed by atoms with E-state index in [-0.39, 0.29) is 0 Å². The molecule has 0 aromatic heterocycles. The van der Waals surface area contributed by atoms with Gasteiger partial charge in [-0.25, -0.2) is 0 Å². The van der Waals surface area contributed by atoms with E-state index in [0.29, 0.717) is 0 Å². The standard InChI is InChI=1S/C44H44N2/c1-29-17-15-23-39(25-29)45(37-19-11-9-12-20-37)43-33(5)27-31(3)41(35(43)7)42-32(4)28-34(6)44(36(42)8)46(38-21-13-10-14-22-38)40-24-16-18-30(2)26-40/h9-28H,1-8H3. The molecule has 0 aliphatic rings. The van der Waals surface area contributed by atoms with Gasteiger partial charge in [-0.3, -0.25) is 0 Å². The molecule has 0 unspecified atom stereocenters. The van der Waals surface area contributed by atoms with E-state index in [0.717, 1.165) is 11.4 Å². The summed E-state index contributed by atoms with van der Waals surface area (Å²) in [4.78, 5) is 4.87. The van der Waals surface area contributed by atoms with Crippen LogP contribution in [-0.4, -0.2) is 0 Å². The maximum absolute atomic E-state index is 2.43. The summed E-state index contributed by atoms with van der Waals surface area (Å²) in [6.07, 6.45) is 0. The van der Waals surface area contributed by atoms with Crippen molar-refractivity contribution < 1.29 is 0 Å². The van der Waals surface area contributed by atoms with Gasteiger partial charge in [0, 0.05) is 22.7 Å². The Labute approximate surface area is 275 Å². The highest BCUT2D eigenvalue weighted by Gasteiger charge is 2.26. The van der Waals surface area contributed by atoms with Crippen molar-refractivity contribution in [2.75, 3.05) is 9.80 Å². The number of para-hydroxylation sites is 2. The summed E-state index contributed by atoms with van der Waals surface area (Å²) in [5, 5.41) is 0. The lowest BCUT2D eigenvalue weighted by Gasteiger charge is -2.33. The average Bonchev–Trinajstić information content (AvgIpc) is 3.03. The summed E-state index contributed by atoms with van der Waals surface area (Å²) >= 11 is 0. The van der Waals surface area contributed by atoms with Crippen LogP contribution in [0.2, 0.25) is 0 Å². The van der Waals surface area contributed by atoms with Crippen LogP contribution in [0.25, 0.3) is 11.1 Å². The van der Waals surface area contributed by atoms with Gasteiger partial charge in [0.05, 0.1) is 11.4 Å². The molecular formula is C44H44N2. The molecule has 0 heterocycles. The topological polar surface area (TPSA) is 6.48 Å². The number of hydrogen-bond acceptors (Lipinski definition) is 2. The van der Waals surface area contributed by atoms with Crippen LogP contribution in [-0.2, 0) is 0 Å². The predicted octanol–water partition coefficient (Wildman–Crippen LogP) is 12.8. The van der Waals surface area contributed by atoms with Crippen molar-refractivity contribution in [1.29, 1.82) is 0 Å². The molecular weight excluding hydrogens is 556 g/mol. The van der Waals surface area contributed by atoms with Crippen LogP contribution >= 0.6 is 0 Å². The van der Waals surface area contributed by atoms with Gasteiger partial charge < -0.3 is 9.80 Å². The van der Waals surface area contributed by atoms with E-state index in [1.54, 1.807) is 0 Å². The minimum Gasteiger partial charge on any atom is -0.310 e. The summed E-state index contributed by atoms with van der Waals surface area (Å²) in [7, 11) is 0. The van der Waals surface area contributed by atoms with Gasteiger partial charge in [0.1, 0.15) is 0 Å². The fourth-order valence-electron chi connectivity index (χ4n) is 7.31. The molecule has 0 amide bonds. The molecule has 2 heteroatoms. The number of aryl methyl sites for hydroxylation is 6. The Bertz CT molecular complexity index is 1870. The number of nitrogens with zero attached hydrogens (tertiary/aromatic N) is 2. The Kier molecular flexibility index (Phi) is 8.56. The van der Waals surface area contributed by atoms with Gasteiger partial charge in [-0.1, -0.05) is 72.8 Å². The van der Waals surface area contributed by atoms with Crippen molar-refractivity contribution in [3.05, 3.63) is 166 Å². The van der Waals surface area contributed by atoms with Gasteiger partial charge in [0.15, 0.2) is 0 Å². The van der Waals surface area contributed by atoms with E-state index in [1.165, 1.54) is 78.4 Å². The second kappa shape index (κ2) is 12.7. The normalized spacial score (nSPS) is 11.0. The highest BCUT2D eigenvalue weighted by Crippen LogP contribution is 2.48. The zero-order valence-electron chi connectivity index (χ0n) is 28.4. The molecule has 0 atom stereocenters. The van der Waals surface area contributed by atoms with Crippen molar-refractivity contribution in [1.82, 2.24) is 0 Å². The first kappa shape index (κ1) is 30.9. The highest BCUT2D eigenvalue weighted by molar-refractivity contribution is 5.92. The van der Waals surface area contributed by atoms with Crippen LogP contribution in [0, 0.1) is 55.4 Å². The fraction of sp³-hybridized carbons (Fsp3) is 0.182. The average molecular weight is 601 g/mol. The molecule has 0 fully saturated rings. The van der Waals surface area contributed by atoms with E-state index in [2.05, 4.69) is 187 Å². The third-order valence-electron chi connectivity index (χ3n) is 9.11. The third-order valence-corrected chi connectivity index (χ3v) is 9.11. The zero-order valence-corrected chi connectivity index (χ0v) is 28.4. The summed E-state index contributed by atoms with van der Waals surface area (Å²) in [5.41, 5.74) is 19.9. The van der Waals surface area contributed by atoms with E-state index < -0.39 is 0 Å². The number of rotatable bonds is 7. The number of hydrogen-bond donors (Lipinski definition) is 0. The van der Waals surface area contributed by atoms with Crippen molar-refractivity contribution in [3.8, 4) is 11.1 Å². The van der Waals surface area contributed by atoms with Crippen LogP contribution in [0.5, 0.6) is 0 Å². The number of anilines is 6. The first-order valence-electron chi connectivity index (χ1n) is 16.2. The molecule has 6 aromatic rings. The van der Waals surface area contributed by atoms with Gasteiger partial charge in [0.2, 0.25) is 0 Å². The molecule has 0 N–H and O–H groups in total. The lowest BCUT2D eigenvalue weighted by Crippen LogP contribution is -2.16. The molecule has 0 radical (unpaired) electrons. The monoisotopic (exact) mass is 600 g/mol. The van der Waals surface area contributed by atoms with Crippen LogP contribution in [0.15, 0.2) is 121 Å². The molecule has 2 nitrogen and oxygen atoms in total. The first-order chi connectivity index (χ1) is 22.2. The van der Waals surface area contributed by atoms with E-state index in [4.69, 9.17) is 0 Å². The van der Waals surface area contributed by atoms with Gasteiger partial charge in [-0.2, -0.15) is 0 Å². The lowest BCUT2D eigenvalue weighted by molar-refractivity contribution is 1.18. The molecule has 0 spiro atoms. The maximum atomic E-state index is 2.43. The highest BCUT2D eigenvalue weighted by atomic mass is 15.2. The van der Waals surface area contributed by atoms with E-state index >= 15 is 0 Å². The summed E-state index contributed by atoms with van der Waals surface area (Å²) in [6.45, 7) is 18.0. The minimum absolute atomic E-state index is 1.15. The van der Waals surface area contributed by atoms with Gasteiger partial charge >= 0.3 is 0 Å². The fourth-order valence-corrected chi connectivity index (χ4v) is 7.31. The van der Waals surface area contributed by atoms with Crippen molar-refractivity contribution in [2.45, 2.75) is 55.4 Å². The minimum atomic E-state index is 1.15. The van der Waals surface area contributed by atoms with Crippen LogP contribution < -0.4 is 9.80 Å². The largest absolute Gasteiger partial charge is 0.310 e. The zero-order chi connectivity index (χ0) is 32.5. The molecule has 0 aliphatic carbocycles. The van der Waals surface area contributed by atoms with Gasteiger partial charge in [-0.15, -0.1) is 0 Å².